The van der Waals surface area contributed by atoms with Crippen LogP contribution in [0.5, 0.6) is 0 Å². The minimum absolute atomic E-state index is 0.288. The van der Waals surface area contributed by atoms with Crippen LogP contribution >= 0.6 is 0 Å². The number of fused-ring (bicyclic) bond motifs is 2. The van der Waals surface area contributed by atoms with Gasteiger partial charge in [0, 0.05) is 19.6 Å². The molecule has 2 atom stereocenters. The summed E-state index contributed by atoms with van der Waals surface area (Å²) in [4.78, 5) is 30.1. The van der Waals surface area contributed by atoms with Crippen molar-refractivity contribution >= 4 is 16.6 Å². The van der Waals surface area contributed by atoms with E-state index >= 15 is 0 Å². The van der Waals surface area contributed by atoms with E-state index in [9.17, 15) is 14.0 Å². The molecule has 1 N–H and O–H groups in total. The Hall–Kier alpha value is -2.89. The number of rotatable bonds is 3. The largest absolute Gasteiger partial charge is 0.370 e. The number of hydrogen-bond acceptors (Lipinski definition) is 3. The van der Waals surface area contributed by atoms with E-state index in [1.165, 1.54) is 31.4 Å². The van der Waals surface area contributed by atoms with E-state index in [0.29, 0.717) is 29.3 Å². The molecule has 0 bridgehead atoms. The average molecular weight is 393 g/mol. The molecule has 6 heteroatoms. The molecule has 2 aromatic carbocycles. The number of H-pyrrole nitrogens is 1. The first-order valence-corrected chi connectivity index (χ1v) is 10.4. The third-order valence-electron chi connectivity index (χ3n) is 6.64. The maximum absolute atomic E-state index is 13.4. The fourth-order valence-corrected chi connectivity index (χ4v) is 5.20. The van der Waals surface area contributed by atoms with Crippen molar-refractivity contribution in [3.05, 3.63) is 63.1 Å². The van der Waals surface area contributed by atoms with E-state index in [-0.39, 0.29) is 11.4 Å². The molecular formula is C23H24FN3O2. The van der Waals surface area contributed by atoms with Crippen LogP contribution in [0.15, 0.2) is 46.0 Å². The lowest BCUT2D eigenvalue weighted by molar-refractivity contribution is 0.494. The van der Waals surface area contributed by atoms with Crippen molar-refractivity contribution in [2.75, 3.05) is 18.0 Å². The molecule has 3 aromatic rings. The van der Waals surface area contributed by atoms with Crippen LogP contribution in [0.3, 0.4) is 0 Å². The Bertz CT molecular complexity index is 1180. The lowest BCUT2D eigenvalue weighted by Gasteiger charge is -2.23. The van der Waals surface area contributed by atoms with E-state index in [4.69, 9.17) is 0 Å². The highest BCUT2D eigenvalue weighted by Crippen LogP contribution is 2.41. The average Bonchev–Trinajstić information content (AvgIpc) is 3.30. The molecule has 1 saturated heterocycles. The second-order valence-corrected chi connectivity index (χ2v) is 8.26. The van der Waals surface area contributed by atoms with Gasteiger partial charge in [0.2, 0.25) is 0 Å². The normalized spacial score (nSPS) is 21.1. The number of halogens is 1. The molecule has 29 heavy (non-hydrogen) atoms. The van der Waals surface area contributed by atoms with Gasteiger partial charge in [-0.05, 0) is 67.0 Å². The zero-order chi connectivity index (χ0) is 20.1. The summed E-state index contributed by atoms with van der Waals surface area (Å²) < 4.78 is 15.0. The third-order valence-corrected chi connectivity index (χ3v) is 6.64. The van der Waals surface area contributed by atoms with Crippen molar-refractivity contribution in [1.82, 2.24) is 9.55 Å². The van der Waals surface area contributed by atoms with Gasteiger partial charge in [0.05, 0.1) is 16.6 Å². The predicted octanol–water partition coefficient (Wildman–Crippen LogP) is 3.75. The van der Waals surface area contributed by atoms with Crippen molar-refractivity contribution < 1.29 is 4.39 Å². The summed E-state index contributed by atoms with van der Waals surface area (Å²) in [7, 11) is 0. The Balaban J connectivity index is 1.76. The van der Waals surface area contributed by atoms with E-state index in [1.807, 2.05) is 19.1 Å². The first-order chi connectivity index (χ1) is 14.0. The minimum atomic E-state index is -0.398. The lowest BCUT2D eigenvalue weighted by Crippen LogP contribution is -2.31. The van der Waals surface area contributed by atoms with Gasteiger partial charge in [0.25, 0.3) is 5.56 Å². The standard InChI is InChI=1S/C23H24FN3O2/c1-2-27-20-11-17(14-6-8-18(24)9-7-14)10-19(21(20)22(28)25-23(27)29)26-12-15-4-3-5-16(15)13-26/h6-11,15-16H,2-5,12-13H2,1H3,(H,25,28,29)/t15-,16+. The highest BCUT2D eigenvalue weighted by atomic mass is 19.1. The topological polar surface area (TPSA) is 58.1 Å². The third kappa shape index (κ3) is 2.98. The smallest absolute Gasteiger partial charge is 0.328 e. The van der Waals surface area contributed by atoms with Crippen LogP contribution in [0.2, 0.25) is 0 Å². The lowest BCUT2D eigenvalue weighted by atomic mass is 10.0. The quantitative estimate of drug-likeness (QED) is 0.737. The number of nitrogens with one attached hydrogen (secondary N) is 1. The fraction of sp³-hybridized carbons (Fsp3) is 0.391. The van der Waals surface area contributed by atoms with Crippen LogP contribution in [-0.2, 0) is 6.54 Å². The SMILES string of the molecule is CCn1c(=O)[nH]c(=O)c2c(N3C[C@H]4CCC[C@H]4C3)cc(-c3ccc(F)cc3)cc21. The molecule has 2 fully saturated rings. The Kier molecular flexibility index (Phi) is 4.30. The van der Waals surface area contributed by atoms with Crippen molar-refractivity contribution in [2.45, 2.75) is 32.7 Å². The van der Waals surface area contributed by atoms with Gasteiger partial charge in [-0.1, -0.05) is 18.6 Å². The molecule has 5 nitrogen and oxygen atoms in total. The number of nitrogens with zero attached hydrogens (tertiary/aromatic N) is 2. The molecule has 1 aliphatic heterocycles. The van der Waals surface area contributed by atoms with Gasteiger partial charge >= 0.3 is 5.69 Å². The van der Waals surface area contributed by atoms with Gasteiger partial charge in [-0.2, -0.15) is 0 Å². The Morgan fingerprint density at radius 1 is 1.03 bits per heavy atom. The van der Waals surface area contributed by atoms with Crippen LogP contribution in [0.25, 0.3) is 22.0 Å². The van der Waals surface area contributed by atoms with E-state index < -0.39 is 5.69 Å². The predicted molar refractivity (Wildman–Crippen MR) is 113 cm³/mol. The number of hydrogen-bond donors (Lipinski definition) is 1. The second kappa shape index (κ2) is 6.87. The van der Waals surface area contributed by atoms with Crippen LogP contribution in [0, 0.1) is 17.7 Å². The molecule has 0 unspecified atom stereocenters. The molecule has 0 spiro atoms. The van der Waals surface area contributed by atoms with E-state index in [2.05, 4.69) is 9.88 Å². The van der Waals surface area contributed by atoms with Crippen molar-refractivity contribution in [3.8, 4) is 11.1 Å². The van der Waals surface area contributed by atoms with E-state index in [1.54, 1.807) is 16.7 Å². The van der Waals surface area contributed by atoms with Gasteiger partial charge in [0.15, 0.2) is 0 Å². The molecule has 1 aromatic heterocycles. The monoisotopic (exact) mass is 393 g/mol. The van der Waals surface area contributed by atoms with Gasteiger partial charge in [0.1, 0.15) is 5.82 Å². The summed E-state index contributed by atoms with van der Waals surface area (Å²) in [5.41, 5.74) is 2.52. The van der Waals surface area contributed by atoms with Crippen molar-refractivity contribution in [2.24, 2.45) is 11.8 Å². The number of benzene rings is 2. The summed E-state index contributed by atoms with van der Waals surface area (Å²) >= 11 is 0. The van der Waals surface area contributed by atoms with Gasteiger partial charge in [-0.3, -0.25) is 14.3 Å². The number of aromatic nitrogens is 2. The minimum Gasteiger partial charge on any atom is -0.370 e. The van der Waals surface area contributed by atoms with Crippen molar-refractivity contribution in [3.63, 3.8) is 0 Å². The van der Waals surface area contributed by atoms with Crippen LogP contribution in [0.1, 0.15) is 26.2 Å². The molecule has 1 aliphatic carbocycles. The number of aryl methyl sites for hydroxylation is 1. The van der Waals surface area contributed by atoms with Crippen LogP contribution < -0.4 is 16.1 Å². The summed E-state index contributed by atoms with van der Waals surface area (Å²) in [6, 6.07) is 10.2. The van der Waals surface area contributed by atoms with E-state index in [0.717, 1.165) is 29.9 Å². The summed E-state index contributed by atoms with van der Waals surface area (Å²) in [5, 5.41) is 0.567. The number of anilines is 1. The summed E-state index contributed by atoms with van der Waals surface area (Å²) in [6.45, 7) is 4.24. The molecule has 0 radical (unpaired) electrons. The highest BCUT2D eigenvalue weighted by Gasteiger charge is 2.37. The molecule has 2 aliphatic rings. The summed E-state index contributed by atoms with van der Waals surface area (Å²) in [6.07, 6.45) is 3.77. The first-order valence-electron chi connectivity index (χ1n) is 10.4. The molecule has 1 saturated carbocycles. The maximum atomic E-state index is 13.4. The summed E-state index contributed by atoms with van der Waals surface area (Å²) in [5.74, 6) is 1.07. The Labute approximate surface area is 167 Å². The Morgan fingerprint density at radius 2 is 1.72 bits per heavy atom. The molecule has 0 amide bonds. The van der Waals surface area contributed by atoms with Gasteiger partial charge < -0.3 is 4.90 Å². The number of aromatic amines is 1. The molecule has 5 rings (SSSR count). The van der Waals surface area contributed by atoms with Crippen molar-refractivity contribution in [1.29, 1.82) is 0 Å². The molecule has 150 valence electrons. The fourth-order valence-electron chi connectivity index (χ4n) is 5.20. The van der Waals surface area contributed by atoms with Gasteiger partial charge in [-0.25, -0.2) is 9.18 Å². The second-order valence-electron chi connectivity index (χ2n) is 8.26. The molecular weight excluding hydrogens is 369 g/mol. The van der Waals surface area contributed by atoms with Crippen LogP contribution in [-0.4, -0.2) is 22.6 Å². The zero-order valence-corrected chi connectivity index (χ0v) is 16.5. The maximum Gasteiger partial charge on any atom is 0.328 e. The first kappa shape index (κ1) is 18.2. The molecule has 2 heterocycles. The Morgan fingerprint density at radius 3 is 2.38 bits per heavy atom. The van der Waals surface area contributed by atoms with Gasteiger partial charge in [-0.15, -0.1) is 0 Å². The highest BCUT2D eigenvalue weighted by molar-refractivity contribution is 5.96. The van der Waals surface area contributed by atoms with Crippen LogP contribution in [0.4, 0.5) is 10.1 Å². The zero-order valence-electron chi connectivity index (χ0n) is 16.5.